The Morgan fingerprint density at radius 3 is 2.11 bits per heavy atom. The van der Waals surface area contributed by atoms with Gasteiger partial charge in [0.2, 0.25) is 5.75 Å². The number of carbonyl (C=O) groups is 1. The van der Waals surface area contributed by atoms with E-state index in [4.69, 9.17) is 14.2 Å². The van der Waals surface area contributed by atoms with Crippen LogP contribution in [0.3, 0.4) is 0 Å². The molecule has 0 spiro atoms. The molecule has 1 heterocycles. The highest BCUT2D eigenvalue weighted by Crippen LogP contribution is 2.54. The average Bonchev–Trinajstić information content (AvgIpc) is 3.06. The Bertz CT molecular complexity index is 928. The highest BCUT2D eigenvalue weighted by atomic mass is 16.5. The van der Waals surface area contributed by atoms with Crippen LogP contribution in [0.2, 0.25) is 0 Å². The van der Waals surface area contributed by atoms with Crippen molar-refractivity contribution < 1.29 is 39.4 Å². The van der Waals surface area contributed by atoms with E-state index in [1.165, 1.54) is 26.4 Å². The van der Waals surface area contributed by atoms with E-state index in [1.54, 1.807) is 12.1 Å². The summed E-state index contributed by atoms with van der Waals surface area (Å²) >= 11 is 0. The van der Waals surface area contributed by atoms with Gasteiger partial charge in [0.05, 0.1) is 32.8 Å². The molecule has 8 heteroatoms. The second kappa shape index (κ2) is 6.49. The van der Waals surface area contributed by atoms with Crippen LogP contribution in [0.5, 0.6) is 28.7 Å². The van der Waals surface area contributed by atoms with Crippen molar-refractivity contribution in [3.05, 3.63) is 41.0 Å². The van der Waals surface area contributed by atoms with Gasteiger partial charge in [-0.05, 0) is 41.0 Å². The first kappa shape index (κ1) is 18.2. The van der Waals surface area contributed by atoms with E-state index in [0.717, 1.165) is 0 Å². The molecule has 0 unspecified atom stereocenters. The first-order valence-corrected chi connectivity index (χ1v) is 8.72. The summed E-state index contributed by atoms with van der Waals surface area (Å²) in [4.78, 5) is 12.5. The maximum absolute atomic E-state index is 12.5. The number of aliphatic hydroxyl groups excluding tert-OH is 1. The molecule has 4 atom stereocenters. The van der Waals surface area contributed by atoms with E-state index in [2.05, 4.69) is 0 Å². The van der Waals surface area contributed by atoms with Crippen LogP contribution in [-0.4, -0.2) is 47.2 Å². The van der Waals surface area contributed by atoms with Crippen LogP contribution in [0.25, 0.3) is 0 Å². The zero-order valence-electron chi connectivity index (χ0n) is 15.2. The Kier molecular flexibility index (Phi) is 4.23. The first-order chi connectivity index (χ1) is 13.4. The number of aliphatic hydroxyl groups is 1. The minimum atomic E-state index is -1.03. The van der Waals surface area contributed by atoms with E-state index in [1.807, 2.05) is 0 Å². The van der Waals surface area contributed by atoms with Crippen LogP contribution in [-0.2, 0) is 9.53 Å². The number of benzene rings is 2. The number of carbonyl (C=O) groups excluding carboxylic acids is 1. The number of ether oxygens (including phenoxy) is 3. The largest absolute Gasteiger partial charge is 0.504 e. The molecule has 0 amide bonds. The quantitative estimate of drug-likeness (QED) is 0.463. The fourth-order valence-corrected chi connectivity index (χ4v) is 4.26. The van der Waals surface area contributed by atoms with E-state index < -0.39 is 29.8 Å². The Balaban J connectivity index is 1.98. The molecule has 1 saturated heterocycles. The summed E-state index contributed by atoms with van der Waals surface area (Å²) in [6, 6.07) is 5.80. The summed E-state index contributed by atoms with van der Waals surface area (Å²) in [5, 5.41) is 40.9. The first-order valence-electron chi connectivity index (χ1n) is 8.72. The van der Waals surface area contributed by atoms with Crippen LogP contribution in [0.15, 0.2) is 24.3 Å². The Morgan fingerprint density at radius 1 is 0.964 bits per heavy atom. The van der Waals surface area contributed by atoms with Gasteiger partial charge >= 0.3 is 5.97 Å². The number of rotatable bonds is 3. The number of phenolic OH excluding ortho intramolecular Hbond substituents is 3. The second-order valence-electron chi connectivity index (χ2n) is 6.99. The highest BCUT2D eigenvalue weighted by Gasteiger charge is 2.52. The van der Waals surface area contributed by atoms with Gasteiger partial charge in [0.15, 0.2) is 23.0 Å². The smallest absolute Gasteiger partial charge is 0.310 e. The summed E-state index contributed by atoms with van der Waals surface area (Å²) in [5.41, 5.74) is 1.47. The Labute approximate surface area is 160 Å². The van der Waals surface area contributed by atoms with Crippen LogP contribution in [0.4, 0.5) is 0 Å². The second-order valence-corrected chi connectivity index (χ2v) is 6.99. The van der Waals surface area contributed by atoms with Crippen LogP contribution in [0.1, 0.15) is 28.7 Å². The van der Waals surface area contributed by atoms with Gasteiger partial charge in [0, 0.05) is 11.8 Å². The minimum Gasteiger partial charge on any atom is -0.504 e. The van der Waals surface area contributed by atoms with Gasteiger partial charge < -0.3 is 34.6 Å². The van der Waals surface area contributed by atoms with E-state index in [9.17, 15) is 25.2 Å². The summed E-state index contributed by atoms with van der Waals surface area (Å²) in [7, 11) is 2.79. The lowest BCUT2D eigenvalue weighted by molar-refractivity contribution is -0.141. The third-order valence-corrected chi connectivity index (χ3v) is 5.61. The van der Waals surface area contributed by atoms with Crippen LogP contribution < -0.4 is 9.47 Å². The molecule has 148 valence electrons. The van der Waals surface area contributed by atoms with Gasteiger partial charge in [-0.3, -0.25) is 4.79 Å². The molecule has 1 aliphatic carbocycles. The molecule has 1 fully saturated rings. The lowest BCUT2D eigenvalue weighted by Crippen LogP contribution is -2.34. The fraction of sp³-hybridized carbons (Fsp3) is 0.350. The number of methoxy groups -OCH3 is 2. The molecular weight excluding hydrogens is 368 g/mol. The third kappa shape index (κ3) is 2.52. The number of fused-ring (bicyclic) bond motifs is 2. The van der Waals surface area contributed by atoms with Gasteiger partial charge in [0.25, 0.3) is 0 Å². The normalized spacial score (nSPS) is 25.6. The third-order valence-electron chi connectivity index (χ3n) is 5.61. The van der Waals surface area contributed by atoms with Crippen LogP contribution in [0, 0.1) is 11.8 Å². The minimum absolute atomic E-state index is 0.0502. The number of cyclic esters (lactones) is 1. The summed E-state index contributed by atoms with van der Waals surface area (Å²) in [6.07, 6.45) is -1.03. The molecule has 4 rings (SSSR count). The van der Waals surface area contributed by atoms with E-state index >= 15 is 0 Å². The van der Waals surface area contributed by atoms with E-state index in [-0.39, 0.29) is 35.4 Å². The molecular formula is C20H20O8. The molecule has 0 saturated carbocycles. The molecule has 4 N–H and O–H groups in total. The predicted molar refractivity (Wildman–Crippen MR) is 95.7 cm³/mol. The van der Waals surface area contributed by atoms with Crippen molar-refractivity contribution in [1.29, 1.82) is 0 Å². The van der Waals surface area contributed by atoms with Gasteiger partial charge in [-0.25, -0.2) is 0 Å². The van der Waals surface area contributed by atoms with Crippen molar-refractivity contribution in [3.63, 3.8) is 0 Å². The van der Waals surface area contributed by atoms with Gasteiger partial charge in [-0.15, -0.1) is 0 Å². The SMILES string of the molecule is COc1cc([C@@H]2c3cc(O)c(O)cc3[C@H](O)[C@H]3COC(=O)[C@H]23)cc(OC)c1O. The molecule has 8 nitrogen and oxygen atoms in total. The van der Waals surface area contributed by atoms with Gasteiger partial charge in [-0.1, -0.05) is 0 Å². The van der Waals surface area contributed by atoms with Crippen molar-refractivity contribution in [1.82, 2.24) is 0 Å². The fourth-order valence-electron chi connectivity index (χ4n) is 4.26. The monoisotopic (exact) mass is 388 g/mol. The zero-order chi connectivity index (χ0) is 20.2. The number of phenols is 3. The molecule has 2 aromatic rings. The number of hydrogen-bond donors (Lipinski definition) is 4. The number of hydrogen-bond acceptors (Lipinski definition) is 8. The van der Waals surface area contributed by atoms with Gasteiger partial charge in [0.1, 0.15) is 0 Å². The Hall–Kier alpha value is -3.13. The predicted octanol–water partition coefficient (Wildman–Crippen LogP) is 1.79. The van der Waals surface area contributed by atoms with Gasteiger partial charge in [-0.2, -0.15) is 0 Å². The van der Waals surface area contributed by atoms with Crippen molar-refractivity contribution in [2.75, 3.05) is 20.8 Å². The van der Waals surface area contributed by atoms with Crippen molar-refractivity contribution in [2.24, 2.45) is 11.8 Å². The highest BCUT2D eigenvalue weighted by molar-refractivity contribution is 5.78. The Morgan fingerprint density at radius 2 is 1.54 bits per heavy atom. The lowest BCUT2D eigenvalue weighted by atomic mass is 9.66. The molecule has 0 bridgehead atoms. The summed E-state index contributed by atoms with van der Waals surface area (Å²) in [6.45, 7) is 0.0502. The molecule has 28 heavy (non-hydrogen) atoms. The van der Waals surface area contributed by atoms with Crippen molar-refractivity contribution >= 4 is 5.97 Å². The van der Waals surface area contributed by atoms with Crippen molar-refractivity contribution in [3.8, 4) is 28.7 Å². The maximum Gasteiger partial charge on any atom is 0.310 e. The topological polar surface area (TPSA) is 126 Å². The maximum atomic E-state index is 12.5. The summed E-state index contributed by atoms with van der Waals surface area (Å²) < 4.78 is 15.7. The zero-order valence-corrected chi connectivity index (χ0v) is 15.2. The standard InChI is InChI=1S/C20H20O8/c1-26-14-3-8(4-15(27-2)19(14)24)16-9-5-12(21)13(22)6-10(9)18(23)11-7-28-20(25)17(11)16/h3-6,11,16-18,21-24H,7H2,1-2H3/t11-,16+,17-,18-/m0/s1. The molecule has 2 aromatic carbocycles. The van der Waals surface area contributed by atoms with E-state index in [0.29, 0.717) is 16.7 Å². The molecule has 0 aromatic heterocycles. The summed E-state index contributed by atoms with van der Waals surface area (Å²) in [5.74, 6) is -2.86. The van der Waals surface area contributed by atoms with Crippen LogP contribution >= 0.6 is 0 Å². The number of esters is 1. The number of aromatic hydroxyl groups is 3. The molecule has 2 aliphatic rings. The average molecular weight is 388 g/mol. The molecule has 1 aliphatic heterocycles. The molecule has 0 radical (unpaired) electrons. The lowest BCUT2D eigenvalue weighted by Gasteiger charge is -2.37. The van der Waals surface area contributed by atoms with Crippen molar-refractivity contribution in [2.45, 2.75) is 12.0 Å².